The van der Waals surface area contributed by atoms with Crippen LogP contribution >= 0.6 is 35.8 Å². The molecule has 26 heavy (non-hydrogen) atoms. The summed E-state index contributed by atoms with van der Waals surface area (Å²) >= 11 is 7.51. The van der Waals surface area contributed by atoms with Crippen LogP contribution in [0.15, 0.2) is 35.5 Å². The first-order chi connectivity index (χ1) is 12.0. The minimum absolute atomic E-state index is 0. The summed E-state index contributed by atoms with van der Waals surface area (Å²) < 4.78 is 0. The van der Waals surface area contributed by atoms with Gasteiger partial charge in [-0.15, -0.1) is 12.4 Å². The van der Waals surface area contributed by atoms with E-state index in [-0.39, 0.29) is 24.4 Å². The molecule has 2 aromatic rings. The zero-order valence-electron chi connectivity index (χ0n) is 14.7. The van der Waals surface area contributed by atoms with Crippen molar-refractivity contribution in [2.24, 2.45) is 0 Å². The minimum Gasteiger partial charge on any atom is -0.332 e. The highest BCUT2D eigenvalue weighted by Crippen LogP contribution is 2.26. The lowest BCUT2D eigenvalue weighted by Gasteiger charge is -2.36. The van der Waals surface area contributed by atoms with Crippen molar-refractivity contribution in [3.63, 3.8) is 0 Å². The van der Waals surface area contributed by atoms with E-state index in [1.54, 1.807) is 0 Å². The van der Waals surface area contributed by atoms with Crippen LogP contribution in [-0.2, 0) is 4.79 Å². The molecule has 1 fully saturated rings. The van der Waals surface area contributed by atoms with Gasteiger partial charge in [-0.1, -0.05) is 35.5 Å². The lowest BCUT2D eigenvalue weighted by Crippen LogP contribution is -2.49. The van der Waals surface area contributed by atoms with E-state index in [0.717, 1.165) is 30.0 Å². The van der Waals surface area contributed by atoms with Gasteiger partial charge >= 0.3 is 0 Å². The summed E-state index contributed by atoms with van der Waals surface area (Å²) in [5.41, 5.74) is 2.89. The summed E-state index contributed by atoms with van der Waals surface area (Å²) in [5.74, 6) is 0.430. The average Bonchev–Trinajstić information content (AvgIpc) is 2.59. The summed E-state index contributed by atoms with van der Waals surface area (Å²) in [6.45, 7) is 6.09. The molecule has 0 bridgehead atoms. The molecular weight excluding hydrogens is 391 g/mol. The highest BCUT2D eigenvalue weighted by atomic mass is 35.5. The molecule has 1 aromatic heterocycles. The fourth-order valence-electron chi connectivity index (χ4n) is 2.98. The van der Waals surface area contributed by atoms with Gasteiger partial charge in [0.1, 0.15) is 0 Å². The third-order valence-electron chi connectivity index (χ3n) is 4.08. The maximum Gasteiger partial charge on any atom is 0.233 e. The third kappa shape index (κ3) is 5.33. The second-order valence-corrected chi connectivity index (χ2v) is 7.46. The summed E-state index contributed by atoms with van der Waals surface area (Å²) in [7, 11) is 0. The summed E-state index contributed by atoms with van der Waals surface area (Å²) in [6, 6.07) is 9.65. The minimum atomic E-state index is 0. The summed E-state index contributed by atoms with van der Waals surface area (Å²) in [5, 5.41) is 4.70. The summed E-state index contributed by atoms with van der Waals surface area (Å²) in [4.78, 5) is 23.5. The van der Waals surface area contributed by atoms with Crippen molar-refractivity contribution in [1.29, 1.82) is 0 Å². The number of halogens is 2. The van der Waals surface area contributed by atoms with E-state index in [1.807, 2.05) is 49.1 Å². The first-order valence-corrected chi connectivity index (χ1v) is 9.60. The Morgan fingerprint density at radius 1 is 1.31 bits per heavy atom. The molecule has 0 aliphatic carbocycles. The molecule has 3 rings (SSSR count). The second-order valence-electron chi connectivity index (χ2n) is 6.08. The Morgan fingerprint density at radius 3 is 2.73 bits per heavy atom. The Labute approximate surface area is 169 Å². The van der Waals surface area contributed by atoms with Gasteiger partial charge in [-0.3, -0.25) is 4.79 Å². The molecule has 1 saturated heterocycles. The van der Waals surface area contributed by atoms with E-state index in [9.17, 15) is 4.79 Å². The van der Waals surface area contributed by atoms with Crippen LogP contribution in [0, 0.1) is 13.8 Å². The smallest absolute Gasteiger partial charge is 0.233 e. The predicted octanol–water partition coefficient (Wildman–Crippen LogP) is 3.43. The molecule has 1 atom stereocenters. The van der Waals surface area contributed by atoms with E-state index in [1.165, 1.54) is 11.8 Å². The molecule has 1 aliphatic rings. The summed E-state index contributed by atoms with van der Waals surface area (Å²) in [6.07, 6.45) is 0. The van der Waals surface area contributed by atoms with Crippen LogP contribution in [0.1, 0.15) is 23.0 Å². The van der Waals surface area contributed by atoms with Crippen molar-refractivity contribution in [2.45, 2.75) is 25.0 Å². The van der Waals surface area contributed by atoms with Crippen LogP contribution in [-0.4, -0.2) is 46.2 Å². The predicted molar refractivity (Wildman–Crippen MR) is 108 cm³/mol. The fourth-order valence-corrected chi connectivity index (χ4v) is 4.02. The number of piperazine rings is 1. The fraction of sp³-hybridized carbons (Fsp3) is 0.389. The van der Waals surface area contributed by atoms with Gasteiger partial charge in [0.05, 0.1) is 11.8 Å². The van der Waals surface area contributed by atoms with E-state index in [4.69, 9.17) is 11.6 Å². The Balaban J connectivity index is 0.00000243. The molecule has 0 spiro atoms. The van der Waals surface area contributed by atoms with Crippen molar-refractivity contribution >= 4 is 41.7 Å². The molecule has 0 radical (unpaired) electrons. The van der Waals surface area contributed by atoms with Crippen LogP contribution in [0.3, 0.4) is 0 Å². The van der Waals surface area contributed by atoms with Crippen molar-refractivity contribution in [3.8, 4) is 0 Å². The van der Waals surface area contributed by atoms with Crippen molar-refractivity contribution < 1.29 is 4.79 Å². The molecule has 1 aliphatic heterocycles. The Bertz CT molecular complexity index is 754. The number of aryl methyl sites for hydroxylation is 2. The normalized spacial score (nSPS) is 16.9. The molecule has 0 saturated carbocycles. The molecular formula is C18H22Cl2N4OS. The highest BCUT2D eigenvalue weighted by molar-refractivity contribution is 7.99. The monoisotopic (exact) mass is 412 g/mol. The number of hydrogen-bond acceptors (Lipinski definition) is 5. The standard InChI is InChI=1S/C18H21ClN4OS.ClH/c1-12-8-13(2)22-18(21-12)25-11-17(24)23-7-6-20-10-16(23)14-4-3-5-15(19)9-14;/h3-5,8-9,16,20H,6-7,10-11H2,1-2H3;1H. The van der Waals surface area contributed by atoms with Crippen LogP contribution in [0.25, 0.3) is 0 Å². The lowest BCUT2D eigenvalue weighted by molar-refractivity contribution is -0.131. The molecule has 8 heteroatoms. The highest BCUT2D eigenvalue weighted by Gasteiger charge is 2.28. The van der Waals surface area contributed by atoms with Crippen LogP contribution < -0.4 is 5.32 Å². The Hall–Kier alpha value is -1.34. The number of carbonyl (C=O) groups is 1. The zero-order valence-corrected chi connectivity index (χ0v) is 17.1. The number of nitrogens with zero attached hydrogens (tertiary/aromatic N) is 3. The van der Waals surface area contributed by atoms with Gasteiger partial charge in [0.2, 0.25) is 5.91 Å². The van der Waals surface area contributed by atoms with Gasteiger partial charge in [0.15, 0.2) is 5.16 Å². The van der Waals surface area contributed by atoms with Gasteiger partial charge in [-0.25, -0.2) is 9.97 Å². The van der Waals surface area contributed by atoms with Crippen molar-refractivity contribution in [1.82, 2.24) is 20.2 Å². The molecule has 1 N–H and O–H groups in total. The number of rotatable bonds is 4. The molecule has 1 unspecified atom stereocenters. The van der Waals surface area contributed by atoms with Gasteiger partial charge in [-0.2, -0.15) is 0 Å². The number of amides is 1. The van der Waals surface area contributed by atoms with Crippen molar-refractivity contribution in [2.75, 3.05) is 25.4 Å². The third-order valence-corrected chi connectivity index (χ3v) is 5.15. The Kier molecular flexibility index (Phi) is 7.70. The second kappa shape index (κ2) is 9.55. The quantitative estimate of drug-likeness (QED) is 0.615. The van der Waals surface area contributed by atoms with Gasteiger partial charge in [-0.05, 0) is 37.6 Å². The van der Waals surface area contributed by atoms with Crippen LogP contribution in [0.4, 0.5) is 0 Å². The molecule has 1 amide bonds. The van der Waals surface area contributed by atoms with Gasteiger partial charge < -0.3 is 10.2 Å². The van der Waals surface area contributed by atoms with Gasteiger partial charge in [0, 0.05) is 36.0 Å². The Morgan fingerprint density at radius 2 is 2.04 bits per heavy atom. The van der Waals surface area contributed by atoms with Crippen LogP contribution in [0.2, 0.25) is 5.02 Å². The number of benzene rings is 1. The molecule has 1 aromatic carbocycles. The number of thioether (sulfide) groups is 1. The number of nitrogens with one attached hydrogen (secondary N) is 1. The zero-order chi connectivity index (χ0) is 17.8. The largest absolute Gasteiger partial charge is 0.332 e. The topological polar surface area (TPSA) is 58.1 Å². The van der Waals surface area contributed by atoms with E-state index in [2.05, 4.69) is 15.3 Å². The average molecular weight is 413 g/mol. The first-order valence-electron chi connectivity index (χ1n) is 8.23. The van der Waals surface area contributed by atoms with E-state index in [0.29, 0.717) is 22.5 Å². The first kappa shape index (κ1) is 21.0. The molecule has 140 valence electrons. The lowest BCUT2D eigenvalue weighted by atomic mass is 10.0. The molecule has 5 nitrogen and oxygen atoms in total. The SMILES string of the molecule is Cc1cc(C)nc(SCC(=O)N2CCNCC2c2cccc(Cl)c2)n1.Cl. The van der Waals surface area contributed by atoms with E-state index < -0.39 is 0 Å². The van der Waals surface area contributed by atoms with Crippen molar-refractivity contribution in [3.05, 3.63) is 52.3 Å². The van der Waals surface area contributed by atoms with Crippen LogP contribution in [0.5, 0.6) is 0 Å². The number of hydrogen-bond donors (Lipinski definition) is 1. The van der Waals surface area contributed by atoms with E-state index >= 15 is 0 Å². The maximum absolute atomic E-state index is 12.8. The molecule has 2 heterocycles. The van der Waals surface area contributed by atoms with Gasteiger partial charge in [0.25, 0.3) is 0 Å². The maximum atomic E-state index is 12.8. The number of aromatic nitrogens is 2. The number of carbonyl (C=O) groups excluding carboxylic acids is 1.